The van der Waals surface area contributed by atoms with E-state index in [-0.39, 0.29) is 35.8 Å². The molecule has 1 aliphatic heterocycles. The Balaban J connectivity index is 0.00000288. The lowest BCUT2D eigenvalue weighted by atomic mass is 9.92. The second-order valence-electron chi connectivity index (χ2n) is 7.45. The predicted octanol–water partition coefficient (Wildman–Crippen LogP) is 3.04. The molecule has 1 saturated heterocycles. The van der Waals surface area contributed by atoms with Gasteiger partial charge >= 0.3 is 0 Å². The number of piperidine rings is 1. The molecule has 1 unspecified atom stereocenters. The van der Waals surface area contributed by atoms with Crippen LogP contribution in [0.3, 0.4) is 0 Å². The van der Waals surface area contributed by atoms with Gasteiger partial charge in [-0.15, -0.1) is 12.4 Å². The smallest absolute Gasteiger partial charge is 0.223 e. The Morgan fingerprint density at radius 1 is 1.33 bits per heavy atom. The molecule has 1 fully saturated rings. The van der Waals surface area contributed by atoms with Crippen LogP contribution in [0.5, 0.6) is 0 Å². The topological polar surface area (TPSA) is 53.2 Å². The van der Waals surface area contributed by atoms with Gasteiger partial charge < -0.3 is 16.0 Å². The van der Waals surface area contributed by atoms with E-state index in [9.17, 15) is 4.79 Å². The van der Waals surface area contributed by atoms with Gasteiger partial charge in [-0.3, -0.25) is 4.79 Å². The molecule has 3 atom stereocenters. The molecule has 4 nitrogen and oxygen atoms in total. The summed E-state index contributed by atoms with van der Waals surface area (Å²) in [5, 5.41) is 10.1. The van der Waals surface area contributed by atoms with E-state index in [1.54, 1.807) is 0 Å². The SMILES string of the molecule is CC(NC(C)(C)CNC(=O)[C@H]1CCN[C@@H](C)C1)c1ccccc1.Cl. The van der Waals surface area contributed by atoms with Gasteiger partial charge in [0.1, 0.15) is 0 Å². The van der Waals surface area contributed by atoms with E-state index >= 15 is 0 Å². The molecule has 3 N–H and O–H groups in total. The van der Waals surface area contributed by atoms with Crippen molar-refractivity contribution >= 4 is 18.3 Å². The number of hydrogen-bond acceptors (Lipinski definition) is 3. The number of carbonyl (C=O) groups is 1. The zero-order valence-corrected chi connectivity index (χ0v) is 16.1. The first-order valence-electron chi connectivity index (χ1n) is 8.71. The van der Waals surface area contributed by atoms with Gasteiger partial charge in [-0.1, -0.05) is 30.3 Å². The lowest BCUT2D eigenvalue weighted by molar-refractivity contribution is -0.126. The van der Waals surface area contributed by atoms with Gasteiger partial charge in [0.25, 0.3) is 0 Å². The molecule has 1 heterocycles. The Bertz CT molecular complexity index is 507. The van der Waals surface area contributed by atoms with E-state index in [4.69, 9.17) is 0 Å². The van der Waals surface area contributed by atoms with Crippen LogP contribution in [0.4, 0.5) is 0 Å². The Morgan fingerprint density at radius 3 is 2.62 bits per heavy atom. The minimum Gasteiger partial charge on any atom is -0.354 e. The van der Waals surface area contributed by atoms with Gasteiger partial charge in [0.05, 0.1) is 0 Å². The predicted molar refractivity (Wildman–Crippen MR) is 103 cm³/mol. The first kappa shape index (κ1) is 20.9. The van der Waals surface area contributed by atoms with Gasteiger partial charge in [0.2, 0.25) is 5.91 Å². The van der Waals surface area contributed by atoms with Crippen molar-refractivity contribution in [1.82, 2.24) is 16.0 Å². The van der Waals surface area contributed by atoms with Gasteiger partial charge in [0.15, 0.2) is 0 Å². The highest BCUT2D eigenvalue weighted by atomic mass is 35.5. The summed E-state index contributed by atoms with van der Waals surface area (Å²) in [6.45, 7) is 10.2. The molecule has 1 aromatic rings. The lowest BCUT2D eigenvalue weighted by Crippen LogP contribution is -2.51. The van der Waals surface area contributed by atoms with Crippen LogP contribution in [0.25, 0.3) is 0 Å². The second-order valence-corrected chi connectivity index (χ2v) is 7.45. The molecule has 0 bridgehead atoms. The fourth-order valence-corrected chi connectivity index (χ4v) is 3.28. The van der Waals surface area contributed by atoms with Crippen LogP contribution in [-0.4, -0.2) is 30.6 Å². The maximum absolute atomic E-state index is 12.4. The molecular weight excluding hydrogens is 322 g/mol. The third-order valence-corrected chi connectivity index (χ3v) is 4.61. The molecule has 24 heavy (non-hydrogen) atoms. The number of halogens is 1. The van der Waals surface area contributed by atoms with Gasteiger partial charge in [0, 0.05) is 30.1 Å². The van der Waals surface area contributed by atoms with Crippen molar-refractivity contribution in [2.24, 2.45) is 5.92 Å². The summed E-state index contributed by atoms with van der Waals surface area (Å²) in [4.78, 5) is 12.4. The number of hydrogen-bond donors (Lipinski definition) is 3. The van der Waals surface area contributed by atoms with Crippen molar-refractivity contribution in [3.8, 4) is 0 Å². The van der Waals surface area contributed by atoms with Crippen LogP contribution >= 0.6 is 12.4 Å². The molecule has 5 heteroatoms. The highest BCUT2D eigenvalue weighted by Crippen LogP contribution is 2.18. The molecule has 0 aromatic heterocycles. The van der Waals surface area contributed by atoms with E-state index in [0.717, 1.165) is 19.4 Å². The summed E-state index contributed by atoms with van der Waals surface area (Å²) < 4.78 is 0. The van der Waals surface area contributed by atoms with Crippen molar-refractivity contribution in [1.29, 1.82) is 0 Å². The van der Waals surface area contributed by atoms with Gasteiger partial charge in [-0.05, 0) is 52.6 Å². The zero-order valence-electron chi connectivity index (χ0n) is 15.3. The average molecular weight is 354 g/mol. The minimum atomic E-state index is -0.149. The van der Waals surface area contributed by atoms with Crippen molar-refractivity contribution in [3.05, 3.63) is 35.9 Å². The Labute approximate surface area is 152 Å². The van der Waals surface area contributed by atoms with Crippen molar-refractivity contribution in [2.45, 2.75) is 58.2 Å². The molecule has 1 aromatic carbocycles. The van der Waals surface area contributed by atoms with E-state index < -0.39 is 0 Å². The molecule has 136 valence electrons. The third kappa shape index (κ3) is 6.42. The van der Waals surface area contributed by atoms with E-state index in [1.165, 1.54) is 5.56 Å². The van der Waals surface area contributed by atoms with Crippen LogP contribution in [0, 0.1) is 5.92 Å². The Hall–Kier alpha value is -1.10. The fraction of sp³-hybridized carbons (Fsp3) is 0.632. The van der Waals surface area contributed by atoms with Crippen LogP contribution < -0.4 is 16.0 Å². The summed E-state index contributed by atoms with van der Waals surface area (Å²) >= 11 is 0. The number of amides is 1. The molecule has 0 saturated carbocycles. The fourth-order valence-electron chi connectivity index (χ4n) is 3.28. The lowest BCUT2D eigenvalue weighted by Gasteiger charge is -2.32. The Morgan fingerprint density at radius 2 is 2.00 bits per heavy atom. The highest BCUT2D eigenvalue weighted by molar-refractivity contribution is 5.85. The number of carbonyl (C=O) groups excluding carboxylic acids is 1. The highest BCUT2D eigenvalue weighted by Gasteiger charge is 2.27. The molecule has 1 amide bonds. The molecule has 1 aliphatic rings. The number of rotatable bonds is 6. The average Bonchev–Trinajstić information content (AvgIpc) is 2.53. The molecule has 2 rings (SSSR count). The molecular formula is C19H32ClN3O. The summed E-state index contributed by atoms with van der Waals surface area (Å²) in [6, 6.07) is 11.1. The molecule has 0 aliphatic carbocycles. The van der Waals surface area contributed by atoms with Gasteiger partial charge in [-0.25, -0.2) is 0 Å². The number of benzene rings is 1. The monoisotopic (exact) mass is 353 g/mol. The number of nitrogens with one attached hydrogen (secondary N) is 3. The van der Waals surface area contributed by atoms with Crippen LogP contribution in [-0.2, 0) is 4.79 Å². The maximum atomic E-state index is 12.4. The Kier molecular flexibility index (Phi) is 8.20. The van der Waals surface area contributed by atoms with Crippen molar-refractivity contribution < 1.29 is 4.79 Å². The quantitative estimate of drug-likeness (QED) is 0.736. The maximum Gasteiger partial charge on any atom is 0.223 e. The summed E-state index contributed by atoms with van der Waals surface area (Å²) in [5.41, 5.74) is 1.11. The van der Waals surface area contributed by atoms with E-state index in [1.807, 2.05) is 6.07 Å². The first-order chi connectivity index (χ1) is 10.9. The third-order valence-electron chi connectivity index (χ3n) is 4.61. The van der Waals surface area contributed by atoms with Crippen molar-refractivity contribution in [3.63, 3.8) is 0 Å². The van der Waals surface area contributed by atoms with Crippen LogP contribution in [0.1, 0.15) is 52.1 Å². The van der Waals surface area contributed by atoms with E-state index in [2.05, 4.69) is 67.9 Å². The molecule has 0 radical (unpaired) electrons. The van der Waals surface area contributed by atoms with Crippen LogP contribution in [0.15, 0.2) is 30.3 Å². The van der Waals surface area contributed by atoms with Crippen molar-refractivity contribution in [2.75, 3.05) is 13.1 Å². The first-order valence-corrected chi connectivity index (χ1v) is 8.71. The summed E-state index contributed by atoms with van der Waals surface area (Å²) in [7, 11) is 0. The summed E-state index contributed by atoms with van der Waals surface area (Å²) in [6.07, 6.45) is 1.87. The van der Waals surface area contributed by atoms with Gasteiger partial charge in [-0.2, -0.15) is 0 Å². The standard InChI is InChI=1S/C19H31N3O.ClH/c1-14-12-17(10-11-20-14)18(23)21-13-19(3,4)22-15(2)16-8-6-5-7-9-16;/h5-9,14-15,17,20,22H,10-13H2,1-4H3,(H,21,23);1H/t14-,15?,17-;/m0./s1. The zero-order chi connectivity index (χ0) is 16.9. The largest absolute Gasteiger partial charge is 0.354 e. The molecule has 0 spiro atoms. The van der Waals surface area contributed by atoms with Crippen LogP contribution in [0.2, 0.25) is 0 Å². The second kappa shape index (κ2) is 9.40. The minimum absolute atomic E-state index is 0. The van der Waals surface area contributed by atoms with E-state index in [0.29, 0.717) is 12.6 Å². The normalized spacial score (nSPS) is 22.3. The summed E-state index contributed by atoms with van der Waals surface area (Å²) in [5.74, 6) is 0.342.